The quantitative estimate of drug-likeness (QED) is 0.806. The predicted molar refractivity (Wildman–Crippen MR) is 56.3 cm³/mol. The van der Waals surface area contributed by atoms with Gasteiger partial charge in [0, 0.05) is 6.20 Å². The second-order valence-corrected chi connectivity index (χ2v) is 3.27. The number of hydrogen-bond donors (Lipinski definition) is 1. The Balaban J connectivity index is 1.97. The number of H-pyrrole nitrogens is 1. The summed E-state index contributed by atoms with van der Waals surface area (Å²) < 4.78 is 17.9. The van der Waals surface area contributed by atoms with Gasteiger partial charge < -0.3 is 9.72 Å². The van der Waals surface area contributed by atoms with Gasteiger partial charge in [0.25, 0.3) is 0 Å². The van der Waals surface area contributed by atoms with Crippen LogP contribution in [0.4, 0.5) is 4.39 Å². The Bertz CT molecular complexity index is 479. The van der Waals surface area contributed by atoms with Crippen molar-refractivity contribution in [3.05, 3.63) is 59.7 Å². The molecule has 0 radical (unpaired) electrons. The second-order valence-electron chi connectivity index (χ2n) is 3.27. The molecule has 0 amide bonds. The van der Waals surface area contributed by atoms with Crippen LogP contribution in [0, 0.1) is 5.95 Å². The van der Waals surface area contributed by atoms with Gasteiger partial charge in [-0.3, -0.25) is 0 Å². The van der Waals surface area contributed by atoms with Crippen molar-refractivity contribution in [1.29, 1.82) is 0 Å². The number of carbonyl (C=O) groups excluding carboxylic acids is 1. The molecule has 0 aliphatic carbocycles. The van der Waals surface area contributed by atoms with E-state index in [0.717, 1.165) is 5.56 Å². The van der Waals surface area contributed by atoms with Gasteiger partial charge in [-0.2, -0.15) is 4.39 Å². The number of benzene rings is 1. The van der Waals surface area contributed by atoms with Crippen molar-refractivity contribution in [3.8, 4) is 0 Å². The molecule has 1 aromatic carbocycles. The van der Waals surface area contributed by atoms with E-state index in [0.29, 0.717) is 0 Å². The van der Waals surface area contributed by atoms with Crippen molar-refractivity contribution < 1.29 is 13.9 Å². The third kappa shape index (κ3) is 2.28. The first kappa shape index (κ1) is 10.4. The number of hydrogen-bond acceptors (Lipinski definition) is 2. The third-order valence-corrected chi connectivity index (χ3v) is 2.13. The highest BCUT2D eigenvalue weighted by Gasteiger charge is 2.13. The van der Waals surface area contributed by atoms with E-state index in [1.54, 1.807) is 0 Å². The number of rotatable bonds is 3. The van der Waals surface area contributed by atoms with E-state index in [-0.39, 0.29) is 12.2 Å². The number of aromatic nitrogens is 1. The topological polar surface area (TPSA) is 42.1 Å². The van der Waals surface area contributed by atoms with E-state index in [9.17, 15) is 9.18 Å². The van der Waals surface area contributed by atoms with E-state index in [4.69, 9.17) is 4.74 Å². The summed E-state index contributed by atoms with van der Waals surface area (Å²) in [5.41, 5.74) is 0.794. The number of ether oxygens (including phenoxy) is 1. The molecule has 0 unspecified atom stereocenters. The summed E-state index contributed by atoms with van der Waals surface area (Å²) >= 11 is 0. The lowest BCUT2D eigenvalue weighted by Crippen LogP contribution is -2.06. The zero-order valence-corrected chi connectivity index (χ0v) is 8.44. The minimum absolute atomic E-state index is 0.0732. The van der Waals surface area contributed by atoms with E-state index < -0.39 is 11.9 Å². The second kappa shape index (κ2) is 4.61. The fourth-order valence-electron chi connectivity index (χ4n) is 1.31. The Morgan fingerprint density at radius 1 is 1.25 bits per heavy atom. The van der Waals surface area contributed by atoms with Crippen LogP contribution in [0.3, 0.4) is 0 Å². The summed E-state index contributed by atoms with van der Waals surface area (Å²) in [4.78, 5) is 13.7. The summed E-state index contributed by atoms with van der Waals surface area (Å²) in [6, 6.07) is 10.6. The van der Waals surface area contributed by atoms with Crippen LogP contribution < -0.4 is 0 Å². The van der Waals surface area contributed by atoms with Gasteiger partial charge in [0.15, 0.2) is 0 Å². The SMILES string of the molecule is O=C(OCc1ccccc1)c1cc[nH]c1F. The summed E-state index contributed by atoms with van der Waals surface area (Å²) in [7, 11) is 0. The molecule has 0 bridgehead atoms. The van der Waals surface area contributed by atoms with E-state index in [2.05, 4.69) is 4.98 Å². The Kier molecular flexibility index (Phi) is 3.00. The average molecular weight is 219 g/mol. The number of aromatic amines is 1. The molecule has 0 atom stereocenters. The molecule has 1 heterocycles. The van der Waals surface area contributed by atoms with Crippen LogP contribution in [0.5, 0.6) is 0 Å². The molecule has 0 aliphatic heterocycles. The van der Waals surface area contributed by atoms with Crippen LogP contribution in [0.25, 0.3) is 0 Å². The van der Waals surface area contributed by atoms with Crippen LogP contribution in [0.2, 0.25) is 0 Å². The summed E-state index contributed by atoms with van der Waals surface area (Å²) in [5.74, 6) is -1.33. The summed E-state index contributed by atoms with van der Waals surface area (Å²) in [6.07, 6.45) is 1.36. The highest BCUT2D eigenvalue weighted by Crippen LogP contribution is 2.08. The number of halogens is 1. The minimum atomic E-state index is -0.668. The smallest absolute Gasteiger partial charge is 0.343 e. The third-order valence-electron chi connectivity index (χ3n) is 2.13. The lowest BCUT2D eigenvalue weighted by atomic mass is 10.2. The molecule has 3 nitrogen and oxygen atoms in total. The lowest BCUT2D eigenvalue weighted by Gasteiger charge is -2.03. The number of nitrogens with one attached hydrogen (secondary N) is 1. The number of carbonyl (C=O) groups is 1. The molecule has 4 heteroatoms. The first-order valence-corrected chi connectivity index (χ1v) is 4.81. The van der Waals surface area contributed by atoms with Crippen molar-refractivity contribution in [2.75, 3.05) is 0 Å². The fraction of sp³-hybridized carbons (Fsp3) is 0.0833. The van der Waals surface area contributed by atoms with E-state index in [1.165, 1.54) is 12.3 Å². The Morgan fingerprint density at radius 3 is 2.62 bits per heavy atom. The van der Waals surface area contributed by atoms with Gasteiger partial charge in [-0.15, -0.1) is 0 Å². The molecule has 0 saturated carbocycles. The molecule has 16 heavy (non-hydrogen) atoms. The van der Waals surface area contributed by atoms with Gasteiger partial charge in [0.2, 0.25) is 5.95 Å². The maximum Gasteiger partial charge on any atom is 0.343 e. The molecule has 2 rings (SSSR count). The van der Waals surface area contributed by atoms with Crippen LogP contribution in [-0.4, -0.2) is 11.0 Å². The minimum Gasteiger partial charge on any atom is -0.457 e. The highest BCUT2D eigenvalue weighted by molar-refractivity contribution is 5.89. The van der Waals surface area contributed by atoms with Gasteiger partial charge in [0.1, 0.15) is 12.2 Å². The molecular formula is C12H10FNO2. The van der Waals surface area contributed by atoms with E-state index in [1.807, 2.05) is 30.3 Å². The standard InChI is InChI=1S/C12H10FNO2/c13-11-10(6-7-14-11)12(15)16-8-9-4-2-1-3-5-9/h1-7,14H,8H2. The monoisotopic (exact) mass is 219 g/mol. The fourth-order valence-corrected chi connectivity index (χ4v) is 1.31. The van der Waals surface area contributed by atoms with Crippen molar-refractivity contribution >= 4 is 5.97 Å². The highest BCUT2D eigenvalue weighted by atomic mass is 19.1. The molecular weight excluding hydrogens is 209 g/mol. The number of esters is 1. The summed E-state index contributed by atoms with van der Waals surface area (Å²) in [6.45, 7) is 0.143. The normalized spacial score (nSPS) is 10.1. The predicted octanol–water partition coefficient (Wildman–Crippen LogP) is 2.51. The van der Waals surface area contributed by atoms with Crippen molar-refractivity contribution in [2.24, 2.45) is 0 Å². The first-order chi connectivity index (χ1) is 7.77. The molecule has 1 aromatic heterocycles. The van der Waals surface area contributed by atoms with Crippen LogP contribution in [0.15, 0.2) is 42.6 Å². The molecule has 0 saturated heterocycles. The van der Waals surface area contributed by atoms with Gasteiger partial charge in [0.05, 0.1) is 0 Å². The Labute approximate surface area is 91.9 Å². The molecule has 82 valence electrons. The van der Waals surface area contributed by atoms with Crippen LogP contribution in [0.1, 0.15) is 15.9 Å². The summed E-state index contributed by atoms with van der Waals surface area (Å²) in [5, 5.41) is 0. The van der Waals surface area contributed by atoms with Crippen LogP contribution >= 0.6 is 0 Å². The Hall–Kier alpha value is -2.10. The maximum atomic E-state index is 13.0. The lowest BCUT2D eigenvalue weighted by molar-refractivity contribution is 0.0467. The largest absolute Gasteiger partial charge is 0.457 e. The zero-order chi connectivity index (χ0) is 11.4. The van der Waals surface area contributed by atoms with Crippen molar-refractivity contribution in [2.45, 2.75) is 6.61 Å². The average Bonchev–Trinajstić information content (AvgIpc) is 2.74. The van der Waals surface area contributed by atoms with E-state index >= 15 is 0 Å². The molecule has 2 aromatic rings. The molecule has 0 aliphatic rings. The van der Waals surface area contributed by atoms with Gasteiger partial charge in [-0.25, -0.2) is 4.79 Å². The van der Waals surface area contributed by atoms with Crippen molar-refractivity contribution in [1.82, 2.24) is 4.98 Å². The van der Waals surface area contributed by atoms with Gasteiger partial charge >= 0.3 is 5.97 Å². The van der Waals surface area contributed by atoms with Gasteiger partial charge in [-0.1, -0.05) is 30.3 Å². The Morgan fingerprint density at radius 2 is 2.00 bits per heavy atom. The zero-order valence-electron chi connectivity index (χ0n) is 8.44. The van der Waals surface area contributed by atoms with Crippen molar-refractivity contribution in [3.63, 3.8) is 0 Å². The molecule has 1 N–H and O–H groups in total. The van der Waals surface area contributed by atoms with Crippen LogP contribution in [-0.2, 0) is 11.3 Å². The maximum absolute atomic E-state index is 13.0. The van der Waals surface area contributed by atoms with Gasteiger partial charge in [-0.05, 0) is 11.6 Å². The molecule has 0 fully saturated rings. The first-order valence-electron chi connectivity index (χ1n) is 4.81. The molecule has 0 spiro atoms.